The Hall–Kier alpha value is -1.31. The Balaban J connectivity index is 2.53. The van der Waals surface area contributed by atoms with Crippen LogP contribution in [0.3, 0.4) is 0 Å². The Morgan fingerprint density at radius 2 is 1.68 bits per heavy atom. The highest BCUT2D eigenvalue weighted by Crippen LogP contribution is 2.42. The van der Waals surface area contributed by atoms with Crippen LogP contribution in [-0.4, -0.2) is 30.1 Å². The minimum absolute atomic E-state index is 0.00470. The van der Waals surface area contributed by atoms with Crippen molar-refractivity contribution in [3.63, 3.8) is 0 Å². The van der Waals surface area contributed by atoms with E-state index >= 15 is 0 Å². The molecule has 2 atom stereocenters. The molecule has 0 spiro atoms. The first-order valence-corrected chi connectivity index (χ1v) is 11.3. The number of phosphoric acid groups is 1. The van der Waals surface area contributed by atoms with Crippen LogP contribution in [0.1, 0.15) is 70.0 Å². The highest BCUT2D eigenvalue weighted by molar-refractivity contribution is 7.47. The van der Waals surface area contributed by atoms with Gasteiger partial charge in [-0.2, -0.15) is 0 Å². The molecule has 160 valence electrons. The van der Waals surface area contributed by atoms with Gasteiger partial charge in [-0.1, -0.05) is 45.4 Å². The number of rotatable bonds is 16. The van der Waals surface area contributed by atoms with Gasteiger partial charge in [0.1, 0.15) is 0 Å². The molecule has 1 aromatic carbocycles. The lowest BCUT2D eigenvalue weighted by atomic mass is 10.1. The fraction of sp³-hybridized carbons (Fsp3) is 0.684. The lowest BCUT2D eigenvalue weighted by Gasteiger charge is -2.19. The first-order valence-electron chi connectivity index (χ1n) is 9.78. The van der Waals surface area contributed by atoms with E-state index in [-0.39, 0.29) is 18.4 Å². The molecule has 0 aliphatic rings. The third-order valence-corrected chi connectivity index (χ3v) is 5.38. The van der Waals surface area contributed by atoms with Crippen molar-refractivity contribution in [1.82, 2.24) is 0 Å². The van der Waals surface area contributed by atoms with Crippen molar-refractivity contribution < 1.29 is 28.2 Å². The Kier molecular flexibility index (Phi) is 12.2. The van der Waals surface area contributed by atoms with E-state index in [1.807, 2.05) is 0 Å². The zero-order valence-electron chi connectivity index (χ0n) is 16.7. The maximum Gasteiger partial charge on any atom is 0.471 e. The predicted molar refractivity (Wildman–Crippen MR) is 107 cm³/mol. The van der Waals surface area contributed by atoms with E-state index in [4.69, 9.17) is 9.26 Å². The molecule has 2 unspecified atom stereocenters. The van der Waals surface area contributed by atoms with Crippen molar-refractivity contribution in [2.75, 3.05) is 20.3 Å². The molecule has 0 aliphatic carbocycles. The van der Waals surface area contributed by atoms with Crippen LogP contribution in [0.5, 0.6) is 0 Å². The lowest BCUT2D eigenvalue weighted by molar-refractivity contribution is -0.384. The fourth-order valence-corrected chi connectivity index (χ4v) is 3.21. The predicted octanol–water partition coefficient (Wildman–Crippen LogP) is 5.56. The summed E-state index contributed by atoms with van der Waals surface area (Å²) >= 11 is 0. The number of unbranched alkanes of at least 4 members (excludes halogenated alkanes) is 6. The topological polar surface area (TPSA) is 108 Å². The van der Waals surface area contributed by atoms with Gasteiger partial charge in [0.05, 0.1) is 17.6 Å². The normalized spacial score (nSPS) is 14.5. The third-order valence-electron chi connectivity index (χ3n) is 4.41. The monoisotopic (exact) mass is 417 g/mol. The summed E-state index contributed by atoms with van der Waals surface area (Å²) in [6.07, 6.45) is 8.14. The van der Waals surface area contributed by atoms with Crippen LogP contribution < -0.4 is 0 Å². The molecule has 0 aliphatic heterocycles. The number of nitro benzene ring substituents is 1. The molecule has 0 fully saturated rings. The van der Waals surface area contributed by atoms with Gasteiger partial charge >= 0.3 is 7.82 Å². The minimum Gasteiger partial charge on any atom is -0.373 e. The van der Waals surface area contributed by atoms with Gasteiger partial charge in [-0.05, 0) is 24.1 Å². The van der Waals surface area contributed by atoms with E-state index in [1.165, 1.54) is 44.2 Å². The Morgan fingerprint density at radius 3 is 2.25 bits per heavy atom. The first kappa shape index (κ1) is 24.7. The number of ether oxygens (including phenoxy) is 1. The van der Waals surface area contributed by atoms with Gasteiger partial charge in [-0.15, -0.1) is 0 Å². The lowest BCUT2D eigenvalue weighted by Crippen LogP contribution is -2.09. The van der Waals surface area contributed by atoms with Gasteiger partial charge in [-0.3, -0.25) is 19.2 Å². The standard InChI is InChI=1S/C19H32NO7P/c1-3-4-5-6-7-8-9-15-26-19(14-16-27-28(23,24)25-2)17-10-12-18(13-11-17)20(21)22/h10-13,19H,3-9,14-16H2,1-2H3,(H,23,24). The van der Waals surface area contributed by atoms with Crippen molar-refractivity contribution in [3.8, 4) is 0 Å². The van der Waals surface area contributed by atoms with E-state index in [9.17, 15) is 19.6 Å². The molecule has 28 heavy (non-hydrogen) atoms. The summed E-state index contributed by atoms with van der Waals surface area (Å²) in [5.74, 6) is 0. The van der Waals surface area contributed by atoms with Gasteiger partial charge in [0.25, 0.3) is 5.69 Å². The molecule has 1 rings (SSSR count). The zero-order valence-corrected chi connectivity index (χ0v) is 17.6. The molecule has 0 heterocycles. The molecule has 0 aromatic heterocycles. The summed E-state index contributed by atoms with van der Waals surface area (Å²) in [6, 6.07) is 6.13. The molecule has 0 bridgehead atoms. The smallest absolute Gasteiger partial charge is 0.373 e. The molecule has 0 amide bonds. The summed E-state index contributed by atoms with van der Waals surface area (Å²) in [5, 5.41) is 10.8. The highest BCUT2D eigenvalue weighted by atomic mass is 31.2. The second kappa shape index (κ2) is 13.8. The molecular weight excluding hydrogens is 385 g/mol. The van der Waals surface area contributed by atoms with Crippen LogP contribution in [-0.2, 0) is 18.3 Å². The summed E-state index contributed by atoms with van der Waals surface area (Å²) < 4.78 is 26.6. The number of nitro groups is 1. The van der Waals surface area contributed by atoms with Crippen LogP contribution in [0.15, 0.2) is 24.3 Å². The van der Waals surface area contributed by atoms with Crippen molar-refractivity contribution in [3.05, 3.63) is 39.9 Å². The highest BCUT2D eigenvalue weighted by Gasteiger charge is 2.20. The van der Waals surface area contributed by atoms with Gasteiger partial charge in [0, 0.05) is 32.3 Å². The van der Waals surface area contributed by atoms with Gasteiger partial charge in [0.15, 0.2) is 0 Å². The number of phosphoric ester groups is 1. The second-order valence-corrected chi connectivity index (χ2v) is 8.16. The number of nitrogens with zero attached hydrogens (tertiary/aromatic N) is 1. The van der Waals surface area contributed by atoms with E-state index in [0.717, 1.165) is 25.5 Å². The Labute approximate surface area is 167 Å². The van der Waals surface area contributed by atoms with Crippen molar-refractivity contribution in [2.45, 2.75) is 64.4 Å². The number of hydrogen-bond acceptors (Lipinski definition) is 6. The van der Waals surface area contributed by atoms with Crippen LogP contribution in [0, 0.1) is 10.1 Å². The van der Waals surface area contributed by atoms with E-state index < -0.39 is 12.7 Å². The van der Waals surface area contributed by atoms with Gasteiger partial charge in [-0.25, -0.2) is 4.57 Å². The van der Waals surface area contributed by atoms with Crippen LogP contribution in [0.25, 0.3) is 0 Å². The third kappa shape index (κ3) is 10.3. The van der Waals surface area contributed by atoms with E-state index in [1.54, 1.807) is 12.1 Å². The fourth-order valence-electron chi connectivity index (χ4n) is 2.77. The van der Waals surface area contributed by atoms with Crippen LogP contribution >= 0.6 is 7.82 Å². The molecule has 1 N–H and O–H groups in total. The molecule has 0 radical (unpaired) electrons. The number of benzene rings is 1. The van der Waals surface area contributed by atoms with Gasteiger partial charge < -0.3 is 9.63 Å². The maximum atomic E-state index is 11.4. The average Bonchev–Trinajstić information content (AvgIpc) is 2.68. The van der Waals surface area contributed by atoms with E-state index in [0.29, 0.717) is 13.0 Å². The summed E-state index contributed by atoms with van der Waals surface area (Å²) in [7, 11) is -2.93. The zero-order chi connectivity index (χ0) is 20.8. The first-order chi connectivity index (χ1) is 13.4. The summed E-state index contributed by atoms with van der Waals surface area (Å²) in [5.41, 5.74) is 0.771. The molecule has 1 aromatic rings. The van der Waals surface area contributed by atoms with Crippen LogP contribution in [0.2, 0.25) is 0 Å². The van der Waals surface area contributed by atoms with E-state index in [2.05, 4.69) is 11.4 Å². The Morgan fingerprint density at radius 1 is 1.07 bits per heavy atom. The minimum atomic E-state index is -4.04. The second-order valence-electron chi connectivity index (χ2n) is 6.60. The largest absolute Gasteiger partial charge is 0.471 e. The number of hydrogen-bond donors (Lipinski definition) is 1. The summed E-state index contributed by atoms with van der Waals surface area (Å²) in [6.45, 7) is 2.72. The van der Waals surface area contributed by atoms with Crippen molar-refractivity contribution >= 4 is 13.5 Å². The quantitative estimate of drug-likeness (QED) is 0.162. The molecule has 8 nitrogen and oxygen atoms in total. The molecule has 0 saturated heterocycles. The summed E-state index contributed by atoms with van der Waals surface area (Å²) in [4.78, 5) is 19.7. The van der Waals surface area contributed by atoms with Crippen molar-refractivity contribution in [2.24, 2.45) is 0 Å². The SMILES string of the molecule is CCCCCCCCCOC(CCOP(=O)(O)OC)c1ccc([N+](=O)[O-])cc1. The van der Waals surface area contributed by atoms with Crippen molar-refractivity contribution in [1.29, 1.82) is 0 Å². The van der Waals surface area contributed by atoms with Crippen LogP contribution in [0.4, 0.5) is 5.69 Å². The molecule has 9 heteroatoms. The molecule has 0 saturated carbocycles. The Bertz CT molecular complexity index is 609. The number of non-ortho nitro benzene ring substituents is 1. The molecular formula is C19H32NO7P. The van der Waals surface area contributed by atoms with Gasteiger partial charge in [0.2, 0.25) is 0 Å². The maximum absolute atomic E-state index is 11.4. The average molecular weight is 417 g/mol.